The van der Waals surface area contributed by atoms with Crippen LogP contribution < -0.4 is 10.0 Å². The molecule has 0 amide bonds. The van der Waals surface area contributed by atoms with Crippen LogP contribution in [0.1, 0.15) is 70.4 Å². The van der Waals surface area contributed by atoms with Crippen molar-refractivity contribution in [2.75, 3.05) is 18.8 Å². The predicted molar refractivity (Wildman–Crippen MR) is 119 cm³/mol. The van der Waals surface area contributed by atoms with Gasteiger partial charge < -0.3 is 20.5 Å². The first-order valence-corrected chi connectivity index (χ1v) is 13.1. The van der Waals surface area contributed by atoms with E-state index in [2.05, 4.69) is 20.0 Å². The van der Waals surface area contributed by atoms with Crippen molar-refractivity contribution in [1.29, 1.82) is 0 Å². The number of aromatic nitrogens is 2. The number of sulfonamides is 1. The van der Waals surface area contributed by atoms with Crippen LogP contribution in [0.15, 0.2) is 12.5 Å². The summed E-state index contributed by atoms with van der Waals surface area (Å²) in [5.41, 5.74) is 1.06. The summed E-state index contributed by atoms with van der Waals surface area (Å²) >= 11 is 0. The van der Waals surface area contributed by atoms with E-state index < -0.39 is 28.0 Å². The molecule has 30 heavy (non-hydrogen) atoms. The van der Waals surface area contributed by atoms with Gasteiger partial charge in [0.2, 0.25) is 10.0 Å². The standard InChI is InChI=1S/C21H40N4O4S/c1-2-3-12-25-30(28,29)15-20(26)21(27)19(13-17-8-5-4-6-9-17)23-11-7-10-18-14-22-16-24-18/h14,16-17,19-21,23,25-27H,2-13,15H2,1H3,(H,22,24)/t19-,20-,21+/m0/s1. The highest BCUT2D eigenvalue weighted by Crippen LogP contribution is 2.28. The molecule has 1 heterocycles. The number of imidazole rings is 1. The Kier molecular flexibility index (Phi) is 11.3. The third kappa shape index (κ3) is 9.43. The van der Waals surface area contributed by atoms with Crippen LogP contribution in [0.25, 0.3) is 0 Å². The fourth-order valence-electron chi connectivity index (χ4n) is 4.17. The van der Waals surface area contributed by atoms with Crippen LogP contribution >= 0.6 is 0 Å². The third-order valence-electron chi connectivity index (χ3n) is 5.95. The molecular formula is C21H40N4O4S. The minimum absolute atomic E-state index is 0.323. The Labute approximate surface area is 181 Å². The quantitative estimate of drug-likeness (QED) is 0.262. The van der Waals surface area contributed by atoms with Crippen LogP contribution in [-0.2, 0) is 16.4 Å². The molecule has 0 saturated heterocycles. The smallest absolute Gasteiger partial charge is 0.214 e. The molecule has 0 aromatic carbocycles. The summed E-state index contributed by atoms with van der Waals surface area (Å²) in [5, 5.41) is 24.7. The van der Waals surface area contributed by atoms with Crippen molar-refractivity contribution >= 4 is 10.0 Å². The zero-order chi connectivity index (χ0) is 21.8. The van der Waals surface area contributed by atoms with Gasteiger partial charge in [-0.3, -0.25) is 0 Å². The number of aryl methyl sites for hydroxylation is 1. The Bertz CT molecular complexity index is 663. The number of rotatable bonds is 15. The van der Waals surface area contributed by atoms with Gasteiger partial charge in [0.05, 0.1) is 24.3 Å². The summed E-state index contributed by atoms with van der Waals surface area (Å²) in [4.78, 5) is 7.09. The number of aromatic amines is 1. The van der Waals surface area contributed by atoms with E-state index >= 15 is 0 Å². The molecule has 0 unspecified atom stereocenters. The third-order valence-corrected chi connectivity index (χ3v) is 7.37. The van der Waals surface area contributed by atoms with Crippen molar-refractivity contribution in [2.45, 2.75) is 89.4 Å². The van der Waals surface area contributed by atoms with Crippen LogP contribution in [0.2, 0.25) is 0 Å². The Balaban J connectivity index is 1.89. The largest absolute Gasteiger partial charge is 0.389 e. The van der Waals surface area contributed by atoms with E-state index in [0.717, 1.165) is 50.6 Å². The lowest BCUT2D eigenvalue weighted by Crippen LogP contribution is -2.50. The van der Waals surface area contributed by atoms with Crippen LogP contribution in [0.3, 0.4) is 0 Å². The van der Waals surface area contributed by atoms with Crippen LogP contribution in [0.4, 0.5) is 0 Å². The monoisotopic (exact) mass is 444 g/mol. The Morgan fingerprint density at radius 3 is 2.63 bits per heavy atom. The van der Waals surface area contributed by atoms with Gasteiger partial charge in [0.1, 0.15) is 0 Å². The van der Waals surface area contributed by atoms with Gasteiger partial charge >= 0.3 is 0 Å². The Hall–Kier alpha value is -1.00. The van der Waals surface area contributed by atoms with E-state index in [-0.39, 0.29) is 6.04 Å². The number of nitrogens with one attached hydrogen (secondary N) is 3. The number of unbranched alkanes of at least 4 members (excludes halogenated alkanes) is 1. The maximum atomic E-state index is 12.2. The van der Waals surface area contributed by atoms with E-state index in [1.54, 1.807) is 12.5 Å². The molecule has 1 aliphatic carbocycles. The number of hydrogen-bond acceptors (Lipinski definition) is 6. The maximum Gasteiger partial charge on any atom is 0.214 e. The Morgan fingerprint density at radius 2 is 1.97 bits per heavy atom. The summed E-state index contributed by atoms with van der Waals surface area (Å²) in [6.45, 7) is 3.03. The summed E-state index contributed by atoms with van der Waals surface area (Å²) in [5.74, 6) is 0.0273. The lowest BCUT2D eigenvalue weighted by atomic mass is 9.83. The van der Waals surface area contributed by atoms with E-state index in [0.29, 0.717) is 19.0 Å². The van der Waals surface area contributed by atoms with Gasteiger partial charge in [-0.05, 0) is 38.1 Å². The molecule has 2 rings (SSSR count). The van der Waals surface area contributed by atoms with Crippen LogP contribution in [0, 0.1) is 5.92 Å². The average molecular weight is 445 g/mol. The molecule has 3 atom stereocenters. The lowest BCUT2D eigenvalue weighted by Gasteiger charge is -2.32. The number of hydrogen-bond donors (Lipinski definition) is 5. The first-order valence-electron chi connectivity index (χ1n) is 11.5. The summed E-state index contributed by atoms with van der Waals surface area (Å²) in [6.07, 6.45) is 11.0. The topological polar surface area (TPSA) is 127 Å². The number of aliphatic hydroxyl groups is 2. The van der Waals surface area contributed by atoms with Crippen LogP contribution in [-0.4, -0.2) is 65.7 Å². The highest BCUT2D eigenvalue weighted by Gasteiger charge is 2.31. The van der Waals surface area contributed by atoms with E-state index in [4.69, 9.17) is 0 Å². The minimum Gasteiger partial charge on any atom is -0.389 e. The molecule has 8 nitrogen and oxygen atoms in total. The molecule has 1 saturated carbocycles. The Morgan fingerprint density at radius 1 is 1.20 bits per heavy atom. The van der Waals surface area contributed by atoms with Crippen LogP contribution in [0.5, 0.6) is 0 Å². The van der Waals surface area contributed by atoms with Gasteiger partial charge in [0, 0.05) is 24.5 Å². The van der Waals surface area contributed by atoms with Gasteiger partial charge in [0.25, 0.3) is 0 Å². The van der Waals surface area contributed by atoms with E-state index in [9.17, 15) is 18.6 Å². The van der Waals surface area contributed by atoms with Crippen molar-refractivity contribution in [3.63, 3.8) is 0 Å². The molecule has 0 spiro atoms. The molecule has 0 aliphatic heterocycles. The molecule has 1 aromatic heterocycles. The second-order valence-electron chi connectivity index (χ2n) is 8.57. The highest BCUT2D eigenvalue weighted by atomic mass is 32.2. The van der Waals surface area contributed by atoms with Crippen molar-refractivity contribution in [3.05, 3.63) is 18.2 Å². The molecule has 1 aromatic rings. The molecule has 0 radical (unpaired) electrons. The van der Waals surface area contributed by atoms with E-state index in [1.807, 2.05) is 6.92 Å². The van der Waals surface area contributed by atoms with Gasteiger partial charge in [-0.2, -0.15) is 0 Å². The molecular weight excluding hydrogens is 404 g/mol. The van der Waals surface area contributed by atoms with Gasteiger partial charge in [0.15, 0.2) is 0 Å². The fraction of sp³-hybridized carbons (Fsp3) is 0.857. The average Bonchev–Trinajstić information content (AvgIpc) is 3.24. The predicted octanol–water partition coefficient (Wildman–Crippen LogP) is 1.71. The number of aliphatic hydroxyl groups excluding tert-OH is 2. The van der Waals surface area contributed by atoms with E-state index in [1.165, 1.54) is 19.3 Å². The zero-order valence-electron chi connectivity index (χ0n) is 18.2. The summed E-state index contributed by atoms with van der Waals surface area (Å²) < 4.78 is 26.9. The molecule has 5 N–H and O–H groups in total. The lowest BCUT2D eigenvalue weighted by molar-refractivity contribution is 0.00131. The summed E-state index contributed by atoms with van der Waals surface area (Å²) in [7, 11) is -3.62. The highest BCUT2D eigenvalue weighted by molar-refractivity contribution is 7.89. The van der Waals surface area contributed by atoms with Gasteiger partial charge in [-0.25, -0.2) is 18.1 Å². The second-order valence-corrected chi connectivity index (χ2v) is 10.4. The molecule has 9 heteroatoms. The molecule has 1 fully saturated rings. The second kappa shape index (κ2) is 13.4. The maximum absolute atomic E-state index is 12.2. The normalized spacial score (nSPS) is 18.9. The summed E-state index contributed by atoms with van der Waals surface area (Å²) in [6, 6.07) is -0.323. The molecule has 1 aliphatic rings. The molecule has 174 valence electrons. The van der Waals surface area contributed by atoms with Crippen molar-refractivity contribution in [3.8, 4) is 0 Å². The van der Waals surface area contributed by atoms with Crippen molar-refractivity contribution < 1.29 is 18.6 Å². The fourth-order valence-corrected chi connectivity index (χ4v) is 5.39. The number of H-pyrrole nitrogens is 1. The van der Waals surface area contributed by atoms with Gasteiger partial charge in [-0.1, -0.05) is 45.4 Å². The first kappa shape index (κ1) is 25.3. The zero-order valence-corrected chi connectivity index (χ0v) is 19.0. The SMILES string of the molecule is CCCCNS(=O)(=O)C[C@H](O)[C@H](O)[C@H](CC1CCCCC1)NCCCc1cnc[nH]1. The van der Waals surface area contributed by atoms with Gasteiger partial charge in [-0.15, -0.1) is 0 Å². The van der Waals surface area contributed by atoms with Crippen molar-refractivity contribution in [1.82, 2.24) is 20.0 Å². The molecule has 0 bridgehead atoms. The minimum atomic E-state index is -3.62. The first-order chi connectivity index (χ1) is 14.4. The van der Waals surface area contributed by atoms with Crippen molar-refractivity contribution in [2.24, 2.45) is 5.92 Å². The number of nitrogens with zero attached hydrogens (tertiary/aromatic N) is 1.